The first kappa shape index (κ1) is 9.29. The fourth-order valence-corrected chi connectivity index (χ4v) is 1.45. The van der Waals surface area contributed by atoms with E-state index in [1.54, 1.807) is 6.07 Å². The molecule has 0 unspecified atom stereocenters. The molecule has 0 aromatic heterocycles. The van der Waals surface area contributed by atoms with Crippen molar-refractivity contribution >= 4 is 12.6 Å². The lowest BCUT2D eigenvalue weighted by Gasteiger charge is -2.09. The minimum Gasteiger partial charge on any atom is -0.423 e. The number of hydrogen-bond donors (Lipinski definition) is 2. The van der Waals surface area contributed by atoms with Crippen LogP contribution >= 0.6 is 0 Å². The van der Waals surface area contributed by atoms with E-state index in [1.165, 1.54) is 0 Å². The monoisotopic (exact) mass is 164 g/mol. The Kier molecular flexibility index (Phi) is 2.90. The highest BCUT2D eigenvalue weighted by Gasteiger charge is 2.15. The Labute approximate surface area is 73.0 Å². The van der Waals surface area contributed by atoms with Crippen molar-refractivity contribution < 1.29 is 10.0 Å². The SMILES string of the molecule is CCc1c(C)cccc1B(O)O. The van der Waals surface area contributed by atoms with Gasteiger partial charge in [0, 0.05) is 0 Å². The predicted molar refractivity (Wildman–Crippen MR) is 50.4 cm³/mol. The van der Waals surface area contributed by atoms with Crippen LogP contribution in [0.15, 0.2) is 18.2 Å². The summed E-state index contributed by atoms with van der Waals surface area (Å²) in [6.07, 6.45) is 0.833. The first-order valence-electron chi connectivity index (χ1n) is 4.11. The third kappa shape index (κ3) is 1.68. The molecule has 0 aliphatic heterocycles. The maximum absolute atomic E-state index is 9.02. The molecule has 0 saturated heterocycles. The molecule has 0 radical (unpaired) electrons. The first-order chi connectivity index (χ1) is 5.66. The van der Waals surface area contributed by atoms with Crippen LogP contribution in [0.4, 0.5) is 0 Å². The fraction of sp³-hybridized carbons (Fsp3) is 0.333. The topological polar surface area (TPSA) is 40.5 Å². The van der Waals surface area contributed by atoms with Crippen LogP contribution in [-0.2, 0) is 6.42 Å². The molecule has 0 aliphatic rings. The molecule has 0 amide bonds. The summed E-state index contributed by atoms with van der Waals surface area (Å²) < 4.78 is 0. The van der Waals surface area contributed by atoms with Gasteiger partial charge in [-0.15, -0.1) is 0 Å². The smallest absolute Gasteiger partial charge is 0.423 e. The minimum atomic E-state index is -1.35. The summed E-state index contributed by atoms with van der Waals surface area (Å²) in [4.78, 5) is 0. The van der Waals surface area contributed by atoms with Crippen LogP contribution in [0.3, 0.4) is 0 Å². The van der Waals surface area contributed by atoms with Gasteiger partial charge in [0.1, 0.15) is 0 Å². The molecule has 0 spiro atoms. The molecule has 0 atom stereocenters. The Balaban J connectivity index is 3.18. The summed E-state index contributed by atoms with van der Waals surface area (Å²) in [5, 5.41) is 18.0. The van der Waals surface area contributed by atoms with E-state index in [9.17, 15) is 0 Å². The van der Waals surface area contributed by atoms with Crippen molar-refractivity contribution in [2.24, 2.45) is 0 Å². The highest BCUT2D eigenvalue weighted by Crippen LogP contribution is 2.05. The van der Waals surface area contributed by atoms with Gasteiger partial charge in [0.25, 0.3) is 0 Å². The molecule has 0 heterocycles. The number of hydrogen-bond acceptors (Lipinski definition) is 2. The van der Waals surface area contributed by atoms with Gasteiger partial charge in [-0.1, -0.05) is 25.1 Å². The minimum absolute atomic E-state index is 0.623. The number of aryl methyl sites for hydroxylation is 1. The Morgan fingerprint density at radius 3 is 2.42 bits per heavy atom. The maximum atomic E-state index is 9.02. The van der Waals surface area contributed by atoms with Crippen LogP contribution in [-0.4, -0.2) is 17.2 Å². The molecular weight excluding hydrogens is 151 g/mol. The van der Waals surface area contributed by atoms with Crippen LogP contribution in [0.2, 0.25) is 0 Å². The molecule has 1 rings (SSSR count). The van der Waals surface area contributed by atoms with Crippen LogP contribution in [0.1, 0.15) is 18.1 Å². The Morgan fingerprint density at radius 2 is 2.00 bits per heavy atom. The standard InChI is InChI=1S/C9H13BO2/c1-3-8-7(2)5-4-6-9(8)10(11)12/h4-6,11-12H,3H2,1-2H3. The van der Waals surface area contributed by atoms with Crippen molar-refractivity contribution in [3.05, 3.63) is 29.3 Å². The van der Waals surface area contributed by atoms with Gasteiger partial charge in [-0.3, -0.25) is 0 Å². The van der Waals surface area contributed by atoms with Crippen LogP contribution in [0.25, 0.3) is 0 Å². The average Bonchev–Trinajstić information content (AvgIpc) is 2.03. The molecule has 3 heteroatoms. The number of rotatable bonds is 2. The van der Waals surface area contributed by atoms with Gasteiger partial charge in [-0.2, -0.15) is 0 Å². The molecule has 0 saturated carbocycles. The lowest BCUT2D eigenvalue weighted by atomic mass is 9.75. The highest BCUT2D eigenvalue weighted by molar-refractivity contribution is 6.59. The summed E-state index contributed by atoms with van der Waals surface area (Å²) in [5.74, 6) is 0. The Morgan fingerprint density at radius 1 is 1.33 bits per heavy atom. The maximum Gasteiger partial charge on any atom is 0.488 e. The van der Waals surface area contributed by atoms with Crippen molar-refractivity contribution in [3.63, 3.8) is 0 Å². The van der Waals surface area contributed by atoms with E-state index >= 15 is 0 Å². The molecule has 2 N–H and O–H groups in total. The van der Waals surface area contributed by atoms with Crippen LogP contribution < -0.4 is 5.46 Å². The van der Waals surface area contributed by atoms with Gasteiger partial charge in [-0.05, 0) is 29.9 Å². The molecule has 64 valence electrons. The van der Waals surface area contributed by atoms with Crippen molar-refractivity contribution in [2.75, 3.05) is 0 Å². The lowest BCUT2D eigenvalue weighted by molar-refractivity contribution is 0.425. The van der Waals surface area contributed by atoms with Gasteiger partial charge in [0.2, 0.25) is 0 Å². The first-order valence-corrected chi connectivity index (χ1v) is 4.11. The summed E-state index contributed by atoms with van der Waals surface area (Å²) in [5.41, 5.74) is 2.77. The third-order valence-corrected chi connectivity index (χ3v) is 2.08. The van der Waals surface area contributed by atoms with E-state index < -0.39 is 7.12 Å². The zero-order valence-electron chi connectivity index (χ0n) is 7.41. The highest BCUT2D eigenvalue weighted by atomic mass is 16.4. The second kappa shape index (κ2) is 3.74. The van der Waals surface area contributed by atoms with Crippen molar-refractivity contribution in [1.29, 1.82) is 0 Å². The van der Waals surface area contributed by atoms with E-state index in [1.807, 2.05) is 26.0 Å². The van der Waals surface area contributed by atoms with E-state index in [-0.39, 0.29) is 0 Å². The average molecular weight is 164 g/mol. The Bertz CT molecular complexity index is 271. The van der Waals surface area contributed by atoms with Gasteiger partial charge < -0.3 is 10.0 Å². The van der Waals surface area contributed by atoms with Gasteiger partial charge in [0.05, 0.1) is 0 Å². The molecule has 1 aromatic carbocycles. The molecule has 2 nitrogen and oxygen atoms in total. The Hall–Kier alpha value is -0.795. The summed E-state index contributed by atoms with van der Waals surface area (Å²) in [7, 11) is -1.35. The van der Waals surface area contributed by atoms with Crippen molar-refractivity contribution in [2.45, 2.75) is 20.3 Å². The van der Waals surface area contributed by atoms with Gasteiger partial charge in [-0.25, -0.2) is 0 Å². The normalized spacial score (nSPS) is 10.0. The zero-order chi connectivity index (χ0) is 9.14. The van der Waals surface area contributed by atoms with E-state index in [2.05, 4.69) is 0 Å². The zero-order valence-corrected chi connectivity index (χ0v) is 7.41. The largest absolute Gasteiger partial charge is 0.488 e. The fourth-order valence-electron chi connectivity index (χ4n) is 1.45. The predicted octanol–water partition coefficient (Wildman–Crippen LogP) is 0.237. The van der Waals surface area contributed by atoms with E-state index in [0.717, 1.165) is 17.5 Å². The molecule has 12 heavy (non-hydrogen) atoms. The van der Waals surface area contributed by atoms with Crippen LogP contribution in [0, 0.1) is 6.92 Å². The lowest BCUT2D eigenvalue weighted by Crippen LogP contribution is -2.33. The second-order valence-corrected chi connectivity index (χ2v) is 2.87. The van der Waals surface area contributed by atoms with Crippen LogP contribution in [0.5, 0.6) is 0 Å². The quantitative estimate of drug-likeness (QED) is 0.614. The summed E-state index contributed by atoms with van der Waals surface area (Å²) >= 11 is 0. The van der Waals surface area contributed by atoms with Gasteiger partial charge in [0.15, 0.2) is 0 Å². The van der Waals surface area contributed by atoms with Crippen molar-refractivity contribution in [1.82, 2.24) is 0 Å². The molecule has 1 aromatic rings. The van der Waals surface area contributed by atoms with E-state index in [4.69, 9.17) is 10.0 Å². The summed E-state index contributed by atoms with van der Waals surface area (Å²) in [6, 6.07) is 5.56. The molecule has 0 bridgehead atoms. The van der Waals surface area contributed by atoms with E-state index in [0.29, 0.717) is 5.46 Å². The third-order valence-electron chi connectivity index (χ3n) is 2.08. The molecule has 0 aliphatic carbocycles. The van der Waals surface area contributed by atoms with Gasteiger partial charge >= 0.3 is 7.12 Å². The van der Waals surface area contributed by atoms with Crippen molar-refractivity contribution in [3.8, 4) is 0 Å². The second-order valence-electron chi connectivity index (χ2n) is 2.87. The summed E-state index contributed by atoms with van der Waals surface area (Å²) in [6.45, 7) is 3.99. The molecule has 0 fully saturated rings. The molecular formula is C9H13BO2. The number of benzene rings is 1.